The van der Waals surface area contributed by atoms with Crippen LogP contribution < -0.4 is 10.6 Å². The maximum absolute atomic E-state index is 12.9. The molecule has 0 aliphatic rings. The molecule has 5 nitrogen and oxygen atoms in total. The fourth-order valence-electron chi connectivity index (χ4n) is 2.57. The second-order valence-corrected chi connectivity index (χ2v) is 6.17. The molecule has 0 atom stereocenters. The number of carbonyl (C=O) groups excluding carboxylic acids is 2. The Morgan fingerprint density at radius 1 is 0.867 bits per heavy atom. The van der Waals surface area contributed by atoms with E-state index in [-0.39, 0.29) is 11.8 Å². The molecular formula is C19H12F6N2O3. The zero-order valence-electron chi connectivity index (χ0n) is 14.8. The fraction of sp³-hybridized carbons (Fsp3) is 0.158. The normalized spacial score (nSPS) is 12.1. The van der Waals surface area contributed by atoms with Crippen molar-refractivity contribution in [2.75, 3.05) is 11.9 Å². The van der Waals surface area contributed by atoms with E-state index in [2.05, 4.69) is 5.32 Å². The van der Waals surface area contributed by atoms with Gasteiger partial charge in [0.25, 0.3) is 5.91 Å². The minimum atomic E-state index is -5.05. The van der Waals surface area contributed by atoms with Gasteiger partial charge in [0.05, 0.1) is 17.7 Å². The van der Waals surface area contributed by atoms with Gasteiger partial charge in [-0.15, -0.1) is 0 Å². The van der Waals surface area contributed by atoms with Crippen molar-refractivity contribution in [3.8, 4) is 0 Å². The third kappa shape index (κ3) is 4.91. The third-order valence-electron chi connectivity index (χ3n) is 3.93. The zero-order valence-corrected chi connectivity index (χ0v) is 14.8. The first-order valence-corrected chi connectivity index (χ1v) is 8.29. The lowest BCUT2D eigenvalue weighted by Crippen LogP contribution is -2.32. The molecule has 0 unspecified atom stereocenters. The summed E-state index contributed by atoms with van der Waals surface area (Å²) in [6.07, 6.45) is -10.1. The second-order valence-electron chi connectivity index (χ2n) is 6.17. The van der Waals surface area contributed by atoms with Crippen molar-refractivity contribution in [1.29, 1.82) is 0 Å². The molecule has 0 radical (unpaired) electrons. The molecule has 158 valence electrons. The second kappa shape index (κ2) is 7.73. The molecule has 0 saturated carbocycles. The number of fused-ring (bicyclic) bond motifs is 1. The number of furan rings is 1. The van der Waals surface area contributed by atoms with Crippen LogP contribution in [0.25, 0.3) is 11.0 Å². The number of benzene rings is 2. The van der Waals surface area contributed by atoms with E-state index in [1.165, 1.54) is 6.07 Å². The number of para-hydroxylation sites is 1. The van der Waals surface area contributed by atoms with Crippen LogP contribution in [0.4, 0.5) is 32.0 Å². The van der Waals surface area contributed by atoms with E-state index in [9.17, 15) is 35.9 Å². The Labute approximate surface area is 164 Å². The summed E-state index contributed by atoms with van der Waals surface area (Å²) in [7, 11) is 0. The minimum absolute atomic E-state index is 0.0565. The van der Waals surface area contributed by atoms with Gasteiger partial charge in [0.1, 0.15) is 5.58 Å². The average Bonchev–Trinajstić information content (AvgIpc) is 3.09. The molecule has 2 amide bonds. The van der Waals surface area contributed by atoms with Gasteiger partial charge in [0.15, 0.2) is 5.76 Å². The Bertz CT molecular complexity index is 1040. The summed E-state index contributed by atoms with van der Waals surface area (Å²) < 4.78 is 82.4. The van der Waals surface area contributed by atoms with E-state index in [4.69, 9.17) is 4.42 Å². The minimum Gasteiger partial charge on any atom is -0.451 e. The number of rotatable bonds is 4. The highest BCUT2D eigenvalue weighted by Gasteiger charge is 2.37. The highest BCUT2D eigenvalue weighted by Crippen LogP contribution is 2.37. The van der Waals surface area contributed by atoms with Gasteiger partial charge in [-0.25, -0.2) is 0 Å². The van der Waals surface area contributed by atoms with Gasteiger partial charge >= 0.3 is 12.4 Å². The lowest BCUT2D eigenvalue weighted by Gasteiger charge is -2.14. The summed E-state index contributed by atoms with van der Waals surface area (Å²) in [6.45, 7) is -0.701. The van der Waals surface area contributed by atoms with E-state index < -0.39 is 47.5 Å². The summed E-state index contributed by atoms with van der Waals surface area (Å²) in [6, 6.07) is 8.81. The van der Waals surface area contributed by atoms with Crippen molar-refractivity contribution < 1.29 is 40.3 Å². The van der Waals surface area contributed by atoms with Crippen molar-refractivity contribution >= 4 is 28.5 Å². The van der Waals surface area contributed by atoms with E-state index in [0.29, 0.717) is 23.1 Å². The Kier molecular flexibility index (Phi) is 5.47. The van der Waals surface area contributed by atoms with Gasteiger partial charge in [0, 0.05) is 11.1 Å². The lowest BCUT2D eigenvalue weighted by atomic mass is 10.1. The molecule has 0 saturated heterocycles. The van der Waals surface area contributed by atoms with E-state index in [0.717, 1.165) is 0 Å². The Morgan fingerprint density at radius 3 is 2.03 bits per heavy atom. The van der Waals surface area contributed by atoms with Crippen LogP contribution in [0.5, 0.6) is 0 Å². The lowest BCUT2D eigenvalue weighted by molar-refractivity contribution is -0.143. The van der Waals surface area contributed by atoms with E-state index >= 15 is 0 Å². The van der Waals surface area contributed by atoms with Crippen molar-refractivity contribution in [3.63, 3.8) is 0 Å². The van der Waals surface area contributed by atoms with Gasteiger partial charge in [-0.2, -0.15) is 26.3 Å². The Morgan fingerprint density at radius 2 is 1.47 bits per heavy atom. The first-order chi connectivity index (χ1) is 13.9. The number of halogens is 6. The van der Waals surface area contributed by atoms with E-state index in [1.54, 1.807) is 24.3 Å². The molecular weight excluding hydrogens is 418 g/mol. The number of hydrogen-bond donors (Lipinski definition) is 2. The van der Waals surface area contributed by atoms with Gasteiger partial charge in [-0.3, -0.25) is 9.59 Å². The van der Waals surface area contributed by atoms with Crippen LogP contribution in [-0.2, 0) is 17.1 Å². The fourth-order valence-corrected chi connectivity index (χ4v) is 2.57. The molecule has 11 heteroatoms. The molecule has 2 aromatic carbocycles. The SMILES string of the molecule is O=C(CNC(=O)c1cc2ccccc2o1)Nc1cc(C(F)(F)F)cc(C(F)(F)F)c1. The van der Waals surface area contributed by atoms with Gasteiger partial charge in [-0.1, -0.05) is 18.2 Å². The first-order valence-electron chi connectivity index (χ1n) is 8.29. The van der Waals surface area contributed by atoms with Gasteiger partial charge in [-0.05, 0) is 30.3 Å². The third-order valence-corrected chi connectivity index (χ3v) is 3.93. The molecule has 0 bridgehead atoms. The highest BCUT2D eigenvalue weighted by atomic mass is 19.4. The van der Waals surface area contributed by atoms with Crippen LogP contribution in [-0.4, -0.2) is 18.4 Å². The molecule has 0 aliphatic carbocycles. The highest BCUT2D eigenvalue weighted by molar-refractivity contribution is 6.00. The molecule has 0 fully saturated rings. The van der Waals surface area contributed by atoms with Crippen LogP contribution in [0, 0.1) is 0 Å². The largest absolute Gasteiger partial charge is 0.451 e. The molecule has 2 N–H and O–H groups in total. The number of hydrogen-bond acceptors (Lipinski definition) is 3. The van der Waals surface area contributed by atoms with Crippen LogP contribution >= 0.6 is 0 Å². The predicted molar refractivity (Wildman–Crippen MR) is 93.6 cm³/mol. The summed E-state index contributed by atoms with van der Waals surface area (Å²) in [4.78, 5) is 24.0. The molecule has 1 heterocycles. The van der Waals surface area contributed by atoms with Crippen LogP contribution in [0.1, 0.15) is 21.7 Å². The molecule has 3 aromatic rings. The maximum Gasteiger partial charge on any atom is 0.416 e. The number of amides is 2. The number of nitrogens with one attached hydrogen (secondary N) is 2. The van der Waals surface area contributed by atoms with Crippen molar-refractivity contribution in [2.24, 2.45) is 0 Å². The van der Waals surface area contributed by atoms with Gasteiger partial charge < -0.3 is 15.1 Å². The van der Waals surface area contributed by atoms with Crippen molar-refractivity contribution in [3.05, 3.63) is 65.4 Å². The molecule has 0 spiro atoms. The summed E-state index contributed by atoms with van der Waals surface area (Å²) in [5.41, 5.74) is -3.42. The predicted octanol–water partition coefficient (Wildman–Crippen LogP) is 4.84. The Hall–Kier alpha value is -3.50. The quantitative estimate of drug-likeness (QED) is 0.582. The first kappa shape index (κ1) is 21.2. The van der Waals surface area contributed by atoms with Gasteiger partial charge in [0.2, 0.25) is 5.91 Å². The van der Waals surface area contributed by atoms with Crippen LogP contribution in [0.15, 0.2) is 52.9 Å². The standard InChI is InChI=1S/C19H12F6N2O3/c20-18(21,22)11-6-12(19(23,24)25)8-13(7-11)27-16(28)9-26-17(29)15-5-10-3-1-2-4-14(10)30-15/h1-8H,9H2,(H,26,29)(H,27,28). The maximum atomic E-state index is 12.9. The molecule has 3 rings (SSSR count). The monoisotopic (exact) mass is 430 g/mol. The molecule has 1 aromatic heterocycles. The summed E-state index contributed by atoms with van der Waals surface area (Å²) >= 11 is 0. The number of anilines is 1. The van der Waals surface area contributed by atoms with E-state index in [1.807, 2.05) is 5.32 Å². The smallest absolute Gasteiger partial charge is 0.416 e. The topological polar surface area (TPSA) is 71.3 Å². The number of alkyl halides is 6. The molecule has 0 aliphatic heterocycles. The number of carbonyl (C=O) groups is 2. The van der Waals surface area contributed by atoms with Crippen LogP contribution in [0.3, 0.4) is 0 Å². The summed E-state index contributed by atoms with van der Waals surface area (Å²) in [5, 5.41) is 4.73. The average molecular weight is 430 g/mol. The Balaban J connectivity index is 1.70. The van der Waals surface area contributed by atoms with Crippen molar-refractivity contribution in [2.45, 2.75) is 12.4 Å². The van der Waals surface area contributed by atoms with Crippen LogP contribution in [0.2, 0.25) is 0 Å². The summed E-state index contributed by atoms with van der Waals surface area (Å²) in [5.74, 6) is -1.91. The zero-order chi connectivity index (χ0) is 22.1. The molecule has 30 heavy (non-hydrogen) atoms. The van der Waals surface area contributed by atoms with Crippen molar-refractivity contribution in [1.82, 2.24) is 5.32 Å².